The van der Waals surface area contributed by atoms with Gasteiger partial charge in [0.25, 0.3) is 0 Å². The summed E-state index contributed by atoms with van der Waals surface area (Å²) in [5.41, 5.74) is 0.920. The monoisotopic (exact) mass is 327 g/mol. The summed E-state index contributed by atoms with van der Waals surface area (Å²) in [6.45, 7) is 4.80. The van der Waals surface area contributed by atoms with Crippen molar-refractivity contribution in [2.24, 2.45) is 0 Å². The molecule has 24 heavy (non-hydrogen) atoms. The van der Waals surface area contributed by atoms with Gasteiger partial charge < -0.3 is 19.3 Å². The SMILES string of the molecule is COc1cccc2ccc(N3CCOC4(CCN(C)CC4)C3)nc12. The number of hydrogen-bond donors (Lipinski definition) is 0. The van der Waals surface area contributed by atoms with Crippen LogP contribution in [0.3, 0.4) is 0 Å². The molecule has 1 spiro atoms. The fraction of sp³-hybridized carbons (Fsp3) is 0.526. The van der Waals surface area contributed by atoms with Gasteiger partial charge in [-0.3, -0.25) is 0 Å². The molecule has 1 aromatic heterocycles. The molecule has 0 saturated carbocycles. The maximum Gasteiger partial charge on any atom is 0.145 e. The lowest BCUT2D eigenvalue weighted by Crippen LogP contribution is -2.56. The summed E-state index contributed by atoms with van der Waals surface area (Å²) in [6.07, 6.45) is 2.19. The molecule has 2 fully saturated rings. The minimum atomic E-state index is -0.0117. The number of fused-ring (bicyclic) bond motifs is 1. The lowest BCUT2D eigenvalue weighted by Gasteiger charge is -2.47. The van der Waals surface area contributed by atoms with Gasteiger partial charge in [-0.15, -0.1) is 0 Å². The average molecular weight is 327 g/mol. The van der Waals surface area contributed by atoms with E-state index in [-0.39, 0.29) is 5.60 Å². The highest BCUT2D eigenvalue weighted by molar-refractivity contribution is 5.86. The maximum absolute atomic E-state index is 6.22. The minimum absolute atomic E-state index is 0.0117. The van der Waals surface area contributed by atoms with E-state index >= 15 is 0 Å². The number of piperidine rings is 1. The second kappa shape index (κ2) is 6.22. The Labute approximate surface area is 143 Å². The maximum atomic E-state index is 6.22. The number of ether oxygens (including phenoxy) is 2. The second-order valence-corrected chi connectivity index (χ2v) is 6.96. The molecule has 2 saturated heterocycles. The van der Waals surface area contributed by atoms with E-state index in [4.69, 9.17) is 14.5 Å². The molecule has 0 amide bonds. The van der Waals surface area contributed by atoms with E-state index in [1.165, 1.54) is 0 Å². The van der Waals surface area contributed by atoms with E-state index in [9.17, 15) is 0 Å². The van der Waals surface area contributed by atoms with E-state index in [2.05, 4.69) is 35.0 Å². The van der Waals surface area contributed by atoms with Crippen LogP contribution in [0.15, 0.2) is 30.3 Å². The predicted molar refractivity (Wildman–Crippen MR) is 95.9 cm³/mol. The van der Waals surface area contributed by atoms with Gasteiger partial charge in [-0.25, -0.2) is 4.98 Å². The van der Waals surface area contributed by atoms with Gasteiger partial charge in [-0.2, -0.15) is 0 Å². The van der Waals surface area contributed by atoms with Crippen LogP contribution in [0.2, 0.25) is 0 Å². The summed E-state index contributed by atoms with van der Waals surface area (Å²) in [6, 6.07) is 10.3. The standard InChI is InChI=1S/C19H25N3O2/c1-21-10-8-19(9-11-21)14-22(12-13-24-19)17-7-6-15-4-3-5-16(23-2)18(15)20-17/h3-7H,8-14H2,1-2H3. The summed E-state index contributed by atoms with van der Waals surface area (Å²) in [5, 5.41) is 1.11. The molecule has 5 heteroatoms. The van der Waals surface area contributed by atoms with Gasteiger partial charge in [0.1, 0.15) is 17.1 Å². The number of para-hydroxylation sites is 1. The number of benzene rings is 1. The topological polar surface area (TPSA) is 37.8 Å². The Bertz CT molecular complexity index is 726. The fourth-order valence-electron chi connectivity index (χ4n) is 3.82. The molecule has 0 aliphatic carbocycles. The molecule has 4 rings (SSSR count). The molecule has 0 radical (unpaired) electrons. The number of morpholine rings is 1. The van der Waals surface area contributed by atoms with Crippen molar-refractivity contribution in [3.05, 3.63) is 30.3 Å². The highest BCUT2D eigenvalue weighted by Gasteiger charge is 2.39. The molecule has 5 nitrogen and oxygen atoms in total. The van der Waals surface area contributed by atoms with Gasteiger partial charge in [-0.05, 0) is 38.1 Å². The Morgan fingerprint density at radius 1 is 1.12 bits per heavy atom. The van der Waals surface area contributed by atoms with Crippen molar-refractivity contribution in [2.45, 2.75) is 18.4 Å². The van der Waals surface area contributed by atoms with Gasteiger partial charge in [0, 0.05) is 31.6 Å². The lowest BCUT2D eigenvalue weighted by molar-refractivity contribution is -0.0884. The number of nitrogens with zero attached hydrogens (tertiary/aromatic N) is 3. The van der Waals surface area contributed by atoms with Crippen LogP contribution in [0.25, 0.3) is 10.9 Å². The van der Waals surface area contributed by atoms with E-state index in [0.29, 0.717) is 0 Å². The largest absolute Gasteiger partial charge is 0.494 e. The van der Waals surface area contributed by atoms with E-state index in [1.807, 2.05) is 12.1 Å². The average Bonchev–Trinajstić information content (AvgIpc) is 2.63. The van der Waals surface area contributed by atoms with Crippen LogP contribution in [-0.2, 0) is 4.74 Å². The number of aromatic nitrogens is 1. The molecule has 2 aromatic rings. The third kappa shape index (κ3) is 2.82. The van der Waals surface area contributed by atoms with Crippen molar-refractivity contribution < 1.29 is 9.47 Å². The number of hydrogen-bond acceptors (Lipinski definition) is 5. The quantitative estimate of drug-likeness (QED) is 0.847. The molecule has 0 atom stereocenters. The fourth-order valence-corrected chi connectivity index (χ4v) is 3.82. The Morgan fingerprint density at radius 3 is 2.75 bits per heavy atom. The molecular weight excluding hydrogens is 302 g/mol. The smallest absolute Gasteiger partial charge is 0.145 e. The van der Waals surface area contributed by atoms with Gasteiger partial charge in [0.15, 0.2) is 0 Å². The molecule has 2 aliphatic rings. The van der Waals surface area contributed by atoms with Crippen molar-refractivity contribution in [1.29, 1.82) is 0 Å². The molecule has 1 aromatic carbocycles. The molecule has 0 N–H and O–H groups in total. The van der Waals surface area contributed by atoms with Gasteiger partial charge in [0.2, 0.25) is 0 Å². The molecule has 3 heterocycles. The van der Waals surface area contributed by atoms with Crippen molar-refractivity contribution >= 4 is 16.7 Å². The van der Waals surface area contributed by atoms with Crippen molar-refractivity contribution in [2.75, 3.05) is 51.8 Å². The van der Waals surface area contributed by atoms with Crippen molar-refractivity contribution in [3.63, 3.8) is 0 Å². The molecule has 0 unspecified atom stereocenters. The third-order valence-electron chi connectivity index (χ3n) is 5.36. The number of rotatable bonds is 2. The first-order valence-corrected chi connectivity index (χ1v) is 8.70. The van der Waals surface area contributed by atoms with Crippen LogP contribution >= 0.6 is 0 Å². The number of methoxy groups -OCH3 is 1. The normalized spacial score (nSPS) is 21.3. The van der Waals surface area contributed by atoms with Gasteiger partial charge in [0.05, 0.1) is 19.3 Å². The van der Waals surface area contributed by atoms with Crippen molar-refractivity contribution in [3.8, 4) is 5.75 Å². The van der Waals surface area contributed by atoms with Crippen LogP contribution < -0.4 is 9.64 Å². The van der Waals surface area contributed by atoms with E-state index in [1.54, 1.807) is 7.11 Å². The van der Waals surface area contributed by atoms with E-state index < -0.39 is 0 Å². The summed E-state index contributed by atoms with van der Waals surface area (Å²) < 4.78 is 11.7. The first-order valence-electron chi connectivity index (χ1n) is 8.70. The van der Waals surface area contributed by atoms with Crippen LogP contribution in [0, 0.1) is 0 Å². The van der Waals surface area contributed by atoms with E-state index in [0.717, 1.165) is 68.1 Å². The Balaban J connectivity index is 1.62. The summed E-state index contributed by atoms with van der Waals surface area (Å²) in [7, 11) is 3.88. The first-order chi connectivity index (χ1) is 11.7. The Kier molecular flexibility index (Phi) is 4.06. The Hall–Kier alpha value is -1.85. The van der Waals surface area contributed by atoms with Crippen LogP contribution in [0.4, 0.5) is 5.82 Å². The van der Waals surface area contributed by atoms with Gasteiger partial charge >= 0.3 is 0 Å². The first kappa shape index (κ1) is 15.7. The highest BCUT2D eigenvalue weighted by Crippen LogP contribution is 2.33. The highest BCUT2D eigenvalue weighted by atomic mass is 16.5. The lowest BCUT2D eigenvalue weighted by atomic mass is 9.89. The van der Waals surface area contributed by atoms with Crippen LogP contribution in [-0.4, -0.2) is 62.4 Å². The summed E-state index contributed by atoms with van der Waals surface area (Å²) in [5.74, 6) is 1.85. The zero-order valence-corrected chi connectivity index (χ0v) is 14.5. The number of likely N-dealkylation sites (tertiary alicyclic amines) is 1. The number of pyridine rings is 1. The number of anilines is 1. The second-order valence-electron chi connectivity index (χ2n) is 6.96. The van der Waals surface area contributed by atoms with Crippen LogP contribution in [0.5, 0.6) is 5.75 Å². The summed E-state index contributed by atoms with van der Waals surface area (Å²) in [4.78, 5) is 9.65. The molecular formula is C19H25N3O2. The minimum Gasteiger partial charge on any atom is -0.494 e. The Morgan fingerprint density at radius 2 is 1.96 bits per heavy atom. The predicted octanol–water partition coefficient (Wildman–Crippen LogP) is 2.54. The summed E-state index contributed by atoms with van der Waals surface area (Å²) >= 11 is 0. The zero-order chi connectivity index (χ0) is 16.6. The van der Waals surface area contributed by atoms with Gasteiger partial charge in [-0.1, -0.05) is 12.1 Å². The zero-order valence-electron chi connectivity index (χ0n) is 14.5. The molecule has 128 valence electrons. The third-order valence-corrected chi connectivity index (χ3v) is 5.36. The molecule has 0 bridgehead atoms. The van der Waals surface area contributed by atoms with Crippen molar-refractivity contribution in [1.82, 2.24) is 9.88 Å². The van der Waals surface area contributed by atoms with Crippen LogP contribution in [0.1, 0.15) is 12.8 Å². The molecule has 2 aliphatic heterocycles.